The van der Waals surface area contributed by atoms with Gasteiger partial charge in [-0.25, -0.2) is 8.42 Å². The van der Waals surface area contributed by atoms with Crippen molar-refractivity contribution in [3.05, 3.63) is 55.4 Å². The van der Waals surface area contributed by atoms with Crippen molar-refractivity contribution in [1.29, 1.82) is 0 Å². The highest BCUT2D eigenvalue weighted by Crippen LogP contribution is 2.32. The number of benzene rings is 2. The minimum Gasteiger partial charge on any atom is -0.278 e. The van der Waals surface area contributed by atoms with Gasteiger partial charge in [-0.2, -0.15) is 0 Å². The summed E-state index contributed by atoms with van der Waals surface area (Å²) in [5.74, 6) is 0. The minimum atomic E-state index is -3.74. The predicted molar refractivity (Wildman–Crippen MR) is 93.6 cm³/mol. The molecule has 0 radical (unpaired) electrons. The van der Waals surface area contributed by atoms with Crippen molar-refractivity contribution in [2.24, 2.45) is 0 Å². The summed E-state index contributed by atoms with van der Waals surface area (Å²) in [5.41, 5.74) is 2.09. The molecule has 0 unspecified atom stereocenters. The number of halogens is 3. The first kappa shape index (κ1) is 16.8. The molecule has 0 heterocycles. The molecule has 1 N–H and O–H groups in total. The quantitative estimate of drug-likeness (QED) is 0.687. The molecule has 112 valence electrons. The zero-order chi connectivity index (χ0) is 15.8. The summed E-state index contributed by atoms with van der Waals surface area (Å²) in [4.78, 5) is 0.152. The number of para-hydroxylation sites is 1. The van der Waals surface area contributed by atoms with E-state index in [0.717, 1.165) is 15.6 Å². The van der Waals surface area contributed by atoms with Crippen molar-refractivity contribution >= 4 is 59.2 Å². The van der Waals surface area contributed by atoms with Crippen molar-refractivity contribution in [2.75, 3.05) is 4.72 Å². The van der Waals surface area contributed by atoms with Crippen molar-refractivity contribution in [1.82, 2.24) is 0 Å². The van der Waals surface area contributed by atoms with Crippen LogP contribution in [0.2, 0.25) is 5.02 Å². The van der Waals surface area contributed by atoms with Gasteiger partial charge in [-0.1, -0.05) is 39.7 Å². The van der Waals surface area contributed by atoms with Crippen molar-refractivity contribution < 1.29 is 8.42 Å². The molecule has 0 saturated carbocycles. The molecule has 2 aromatic rings. The van der Waals surface area contributed by atoms with Gasteiger partial charge in [0.2, 0.25) is 0 Å². The second kappa shape index (κ2) is 6.28. The molecule has 0 fully saturated rings. The van der Waals surface area contributed by atoms with Crippen molar-refractivity contribution in [2.45, 2.75) is 18.7 Å². The van der Waals surface area contributed by atoms with Crippen LogP contribution in [-0.2, 0) is 10.0 Å². The lowest BCUT2D eigenvalue weighted by Gasteiger charge is -2.14. The lowest BCUT2D eigenvalue weighted by molar-refractivity contribution is 0.600. The van der Waals surface area contributed by atoms with E-state index in [1.165, 1.54) is 0 Å². The first-order valence-electron chi connectivity index (χ1n) is 5.96. The summed E-state index contributed by atoms with van der Waals surface area (Å²) < 4.78 is 28.9. The zero-order valence-corrected chi connectivity index (χ0v) is 16.0. The number of rotatable bonds is 3. The topological polar surface area (TPSA) is 46.2 Å². The first-order valence-corrected chi connectivity index (χ1v) is 9.40. The van der Waals surface area contributed by atoms with Crippen LogP contribution in [0.1, 0.15) is 11.1 Å². The van der Waals surface area contributed by atoms with Crippen LogP contribution in [0.25, 0.3) is 0 Å². The van der Waals surface area contributed by atoms with E-state index in [0.29, 0.717) is 15.2 Å². The molecule has 0 amide bonds. The summed E-state index contributed by atoms with van der Waals surface area (Å²) in [6, 6.07) is 8.52. The molecule has 21 heavy (non-hydrogen) atoms. The molecule has 0 aliphatic rings. The zero-order valence-electron chi connectivity index (χ0n) is 11.2. The van der Waals surface area contributed by atoms with Gasteiger partial charge in [0.1, 0.15) is 4.90 Å². The molecule has 0 aromatic heterocycles. The van der Waals surface area contributed by atoms with Crippen LogP contribution in [0.4, 0.5) is 5.69 Å². The van der Waals surface area contributed by atoms with Gasteiger partial charge in [0.15, 0.2) is 0 Å². The fourth-order valence-corrected chi connectivity index (χ4v) is 4.94. The molecule has 7 heteroatoms. The molecular formula is C14H12Br2ClNO2S. The van der Waals surface area contributed by atoms with Gasteiger partial charge in [-0.05, 0) is 59.1 Å². The first-order chi connectivity index (χ1) is 9.72. The Morgan fingerprint density at radius 2 is 1.71 bits per heavy atom. The molecule has 3 nitrogen and oxygen atoms in total. The maximum atomic E-state index is 12.6. The highest BCUT2D eigenvalue weighted by molar-refractivity contribution is 9.11. The Kier molecular flexibility index (Phi) is 5.03. The molecule has 2 aromatic carbocycles. The molecule has 0 atom stereocenters. The Bertz CT molecular complexity index is 787. The van der Waals surface area contributed by atoms with Gasteiger partial charge in [0.25, 0.3) is 10.0 Å². The fraction of sp³-hybridized carbons (Fsp3) is 0.143. The highest BCUT2D eigenvalue weighted by atomic mass is 79.9. The van der Waals surface area contributed by atoms with E-state index in [9.17, 15) is 8.42 Å². The number of nitrogens with one attached hydrogen (secondary N) is 1. The predicted octanol–water partition coefficient (Wildman–Crippen LogP) is 5.28. The van der Waals surface area contributed by atoms with Crippen LogP contribution in [-0.4, -0.2) is 8.42 Å². The van der Waals surface area contributed by atoms with E-state index in [-0.39, 0.29) is 4.90 Å². The van der Waals surface area contributed by atoms with Gasteiger partial charge in [-0.3, -0.25) is 4.72 Å². The number of aryl methyl sites for hydroxylation is 2. The molecule has 0 aliphatic heterocycles. The number of anilines is 1. The van der Waals surface area contributed by atoms with Crippen LogP contribution in [0.5, 0.6) is 0 Å². The maximum Gasteiger partial charge on any atom is 0.263 e. The van der Waals surface area contributed by atoms with Crippen LogP contribution in [0, 0.1) is 13.8 Å². The monoisotopic (exact) mass is 451 g/mol. The fourth-order valence-electron chi connectivity index (χ4n) is 1.78. The van der Waals surface area contributed by atoms with Crippen molar-refractivity contribution in [3.8, 4) is 0 Å². The number of hydrogen-bond acceptors (Lipinski definition) is 2. The summed E-state index contributed by atoms with van der Waals surface area (Å²) in [6.45, 7) is 3.68. The Morgan fingerprint density at radius 1 is 1.05 bits per heavy atom. The van der Waals surface area contributed by atoms with E-state index < -0.39 is 10.0 Å². The third-order valence-electron chi connectivity index (χ3n) is 2.96. The molecule has 0 bridgehead atoms. The Morgan fingerprint density at radius 3 is 2.33 bits per heavy atom. The second-order valence-corrected chi connectivity index (χ2v) is 8.34. The van der Waals surface area contributed by atoms with Crippen LogP contribution >= 0.6 is 43.5 Å². The Balaban J connectivity index is 2.51. The van der Waals surface area contributed by atoms with Gasteiger partial charge in [-0.15, -0.1) is 0 Å². The standard InChI is InChI=1S/C14H12Br2ClNO2S/c1-8-4-3-5-12(17)14(8)18-21(19,20)13-7-10(15)9(2)6-11(13)16/h3-7,18H,1-2H3. The normalized spacial score (nSPS) is 11.5. The summed E-state index contributed by atoms with van der Waals surface area (Å²) in [7, 11) is -3.74. The smallest absolute Gasteiger partial charge is 0.263 e. The molecule has 2 rings (SSSR count). The lowest BCUT2D eigenvalue weighted by Crippen LogP contribution is -2.15. The molecular weight excluding hydrogens is 441 g/mol. The number of sulfonamides is 1. The average Bonchev–Trinajstić information content (AvgIpc) is 2.38. The van der Waals surface area contributed by atoms with E-state index in [1.807, 2.05) is 6.92 Å². The van der Waals surface area contributed by atoms with E-state index >= 15 is 0 Å². The molecule has 0 aliphatic carbocycles. The largest absolute Gasteiger partial charge is 0.278 e. The summed E-state index contributed by atoms with van der Waals surface area (Å²) >= 11 is 12.7. The third-order valence-corrected chi connectivity index (χ3v) is 6.44. The van der Waals surface area contributed by atoms with Crippen LogP contribution in [0.15, 0.2) is 44.2 Å². The average molecular weight is 454 g/mol. The molecule has 0 spiro atoms. The van der Waals surface area contributed by atoms with E-state index in [4.69, 9.17) is 11.6 Å². The van der Waals surface area contributed by atoms with E-state index in [1.54, 1.807) is 37.3 Å². The van der Waals surface area contributed by atoms with Crippen LogP contribution < -0.4 is 4.72 Å². The maximum absolute atomic E-state index is 12.6. The summed E-state index contributed by atoms with van der Waals surface area (Å²) in [6.07, 6.45) is 0. The van der Waals surface area contributed by atoms with E-state index in [2.05, 4.69) is 36.6 Å². The van der Waals surface area contributed by atoms with Gasteiger partial charge in [0.05, 0.1) is 10.7 Å². The lowest BCUT2D eigenvalue weighted by atomic mass is 10.2. The van der Waals surface area contributed by atoms with Crippen molar-refractivity contribution in [3.63, 3.8) is 0 Å². The SMILES string of the molecule is Cc1cc(Br)c(S(=O)(=O)Nc2c(C)cccc2Cl)cc1Br. The third kappa shape index (κ3) is 3.62. The Labute approximate surface area is 146 Å². The highest BCUT2D eigenvalue weighted by Gasteiger charge is 2.21. The van der Waals surface area contributed by atoms with Gasteiger partial charge in [0, 0.05) is 8.95 Å². The Hall–Kier alpha value is -0.560. The second-order valence-electron chi connectivity index (χ2n) is 4.57. The summed E-state index contributed by atoms with van der Waals surface area (Å²) in [5, 5.41) is 0.362. The van der Waals surface area contributed by atoms with Gasteiger partial charge >= 0.3 is 0 Å². The van der Waals surface area contributed by atoms with Gasteiger partial charge < -0.3 is 0 Å². The number of hydrogen-bond donors (Lipinski definition) is 1. The minimum absolute atomic E-state index is 0.152. The van der Waals surface area contributed by atoms with Crippen LogP contribution in [0.3, 0.4) is 0 Å². The molecule has 0 saturated heterocycles.